The zero-order chi connectivity index (χ0) is 16.2. The molecule has 1 aliphatic rings. The molecular weight excluding hydrogens is 292 g/mol. The van der Waals surface area contributed by atoms with E-state index in [1.54, 1.807) is 15.8 Å². The zero-order valence-electron chi connectivity index (χ0n) is 13.2. The van der Waals surface area contributed by atoms with Crippen molar-refractivity contribution < 1.29 is 9.90 Å². The van der Waals surface area contributed by atoms with E-state index in [1.165, 1.54) is 0 Å². The van der Waals surface area contributed by atoms with Crippen LogP contribution in [0.15, 0.2) is 42.7 Å². The first-order valence-electron chi connectivity index (χ1n) is 7.97. The Labute approximate surface area is 135 Å². The number of carbonyl (C=O) groups excluding carboxylic acids is 1. The zero-order valence-corrected chi connectivity index (χ0v) is 13.2. The average Bonchev–Trinajstić information content (AvgIpc) is 3.10. The predicted octanol–water partition coefficient (Wildman–Crippen LogP) is 2.50. The van der Waals surface area contributed by atoms with Gasteiger partial charge in [-0.05, 0) is 56.0 Å². The third-order valence-corrected chi connectivity index (χ3v) is 4.40. The topological polar surface area (TPSA) is 70.4 Å². The summed E-state index contributed by atoms with van der Waals surface area (Å²) in [6.45, 7) is 3.20. The summed E-state index contributed by atoms with van der Waals surface area (Å²) in [5.41, 5.74) is 1.72. The van der Waals surface area contributed by atoms with Gasteiger partial charge in [-0.3, -0.25) is 0 Å². The van der Waals surface area contributed by atoms with Crippen LogP contribution in [-0.4, -0.2) is 45.0 Å². The summed E-state index contributed by atoms with van der Waals surface area (Å²) >= 11 is 0. The molecule has 2 aromatic rings. The van der Waals surface area contributed by atoms with Crippen LogP contribution in [-0.2, 0) is 0 Å². The highest BCUT2D eigenvalue weighted by Gasteiger charge is 2.25. The molecule has 1 fully saturated rings. The Balaban J connectivity index is 1.56. The molecule has 2 N–H and O–H groups in total. The summed E-state index contributed by atoms with van der Waals surface area (Å²) in [6.07, 6.45) is 5.01. The van der Waals surface area contributed by atoms with E-state index < -0.39 is 0 Å². The van der Waals surface area contributed by atoms with Gasteiger partial charge in [0.1, 0.15) is 0 Å². The van der Waals surface area contributed by atoms with E-state index in [0.29, 0.717) is 19.0 Å². The molecule has 1 aliphatic heterocycles. The standard InChI is InChI=1S/C17H22N4O2/c1-13(22)14-7-11-20(12-8-14)17(23)19-15-3-5-16(6-4-15)21-10-2-9-18-21/h2-6,9-10,13-14,22H,7-8,11-12H2,1H3,(H,19,23). The van der Waals surface area contributed by atoms with Gasteiger partial charge in [-0.25, -0.2) is 9.48 Å². The van der Waals surface area contributed by atoms with Crippen molar-refractivity contribution in [3.63, 3.8) is 0 Å². The molecule has 2 heterocycles. The number of aliphatic hydroxyl groups excluding tert-OH is 1. The minimum absolute atomic E-state index is 0.0825. The highest BCUT2D eigenvalue weighted by molar-refractivity contribution is 5.89. The number of nitrogens with one attached hydrogen (secondary N) is 1. The minimum Gasteiger partial charge on any atom is -0.393 e. The summed E-state index contributed by atoms with van der Waals surface area (Å²) < 4.78 is 1.77. The van der Waals surface area contributed by atoms with E-state index in [4.69, 9.17) is 0 Å². The first-order chi connectivity index (χ1) is 11.1. The Hall–Kier alpha value is -2.34. The van der Waals surface area contributed by atoms with Crippen LogP contribution in [0.2, 0.25) is 0 Å². The van der Waals surface area contributed by atoms with Crippen molar-refractivity contribution in [1.82, 2.24) is 14.7 Å². The molecule has 2 amide bonds. The Morgan fingerprint density at radius 2 is 2.00 bits per heavy atom. The fourth-order valence-corrected chi connectivity index (χ4v) is 2.91. The number of aromatic nitrogens is 2. The van der Waals surface area contributed by atoms with Crippen molar-refractivity contribution in [2.75, 3.05) is 18.4 Å². The third kappa shape index (κ3) is 3.71. The molecular formula is C17H22N4O2. The van der Waals surface area contributed by atoms with E-state index in [2.05, 4.69) is 10.4 Å². The van der Waals surface area contributed by atoms with Crippen molar-refractivity contribution in [3.05, 3.63) is 42.7 Å². The quantitative estimate of drug-likeness (QED) is 0.914. The number of hydrogen-bond acceptors (Lipinski definition) is 3. The number of piperidine rings is 1. The molecule has 0 spiro atoms. The molecule has 1 atom stereocenters. The first-order valence-corrected chi connectivity index (χ1v) is 7.97. The second-order valence-corrected chi connectivity index (χ2v) is 5.99. The molecule has 6 nitrogen and oxygen atoms in total. The molecule has 1 unspecified atom stereocenters. The molecule has 0 aliphatic carbocycles. The molecule has 1 saturated heterocycles. The van der Waals surface area contributed by atoms with E-state index >= 15 is 0 Å². The van der Waals surface area contributed by atoms with E-state index in [1.807, 2.05) is 43.5 Å². The molecule has 3 rings (SSSR count). The predicted molar refractivity (Wildman–Crippen MR) is 88.6 cm³/mol. The maximum absolute atomic E-state index is 12.3. The Morgan fingerprint density at radius 3 is 2.57 bits per heavy atom. The van der Waals surface area contributed by atoms with Crippen LogP contribution in [0.5, 0.6) is 0 Å². The van der Waals surface area contributed by atoms with Crippen molar-refractivity contribution in [2.45, 2.75) is 25.9 Å². The summed E-state index contributed by atoms with van der Waals surface area (Å²) in [4.78, 5) is 14.1. The largest absolute Gasteiger partial charge is 0.393 e. The summed E-state index contributed by atoms with van der Waals surface area (Å²) in [6, 6.07) is 9.37. The van der Waals surface area contributed by atoms with Gasteiger partial charge in [0.25, 0.3) is 0 Å². The Bertz CT molecular complexity index is 629. The molecule has 122 valence electrons. The molecule has 23 heavy (non-hydrogen) atoms. The SMILES string of the molecule is CC(O)C1CCN(C(=O)Nc2ccc(-n3cccn3)cc2)CC1. The lowest BCUT2D eigenvalue weighted by Gasteiger charge is -2.33. The van der Waals surface area contributed by atoms with E-state index in [-0.39, 0.29) is 12.1 Å². The maximum atomic E-state index is 12.3. The summed E-state index contributed by atoms with van der Waals surface area (Å²) in [7, 11) is 0. The minimum atomic E-state index is -0.296. The van der Waals surface area contributed by atoms with Gasteiger partial charge < -0.3 is 15.3 Å². The van der Waals surface area contributed by atoms with E-state index in [9.17, 15) is 9.90 Å². The second-order valence-electron chi connectivity index (χ2n) is 5.99. The van der Waals surface area contributed by atoms with Crippen LogP contribution in [0.4, 0.5) is 10.5 Å². The van der Waals surface area contributed by atoms with Gasteiger partial charge >= 0.3 is 6.03 Å². The number of carbonyl (C=O) groups is 1. The van der Waals surface area contributed by atoms with Gasteiger partial charge in [0, 0.05) is 31.2 Å². The lowest BCUT2D eigenvalue weighted by atomic mass is 9.92. The van der Waals surface area contributed by atoms with E-state index in [0.717, 1.165) is 24.2 Å². The average molecular weight is 314 g/mol. The molecule has 1 aromatic heterocycles. The van der Waals surface area contributed by atoms with Crippen LogP contribution in [0.1, 0.15) is 19.8 Å². The van der Waals surface area contributed by atoms with Crippen molar-refractivity contribution in [3.8, 4) is 5.69 Å². The lowest BCUT2D eigenvalue weighted by Crippen LogP contribution is -2.42. The number of anilines is 1. The number of aliphatic hydroxyl groups is 1. The van der Waals surface area contributed by atoms with Gasteiger partial charge in [-0.2, -0.15) is 5.10 Å². The first kappa shape index (κ1) is 15.6. The van der Waals surface area contributed by atoms with Gasteiger partial charge in [-0.15, -0.1) is 0 Å². The Morgan fingerprint density at radius 1 is 1.30 bits per heavy atom. The number of likely N-dealkylation sites (tertiary alicyclic amines) is 1. The normalized spacial score (nSPS) is 17.0. The summed E-state index contributed by atoms with van der Waals surface area (Å²) in [5.74, 6) is 0.299. The van der Waals surface area contributed by atoms with Crippen LogP contribution in [0.3, 0.4) is 0 Å². The van der Waals surface area contributed by atoms with Crippen LogP contribution in [0, 0.1) is 5.92 Å². The number of nitrogens with zero attached hydrogens (tertiary/aromatic N) is 3. The molecule has 0 bridgehead atoms. The lowest BCUT2D eigenvalue weighted by molar-refractivity contribution is 0.0820. The number of amides is 2. The van der Waals surface area contributed by atoms with Crippen molar-refractivity contribution in [2.24, 2.45) is 5.92 Å². The molecule has 6 heteroatoms. The molecule has 0 radical (unpaired) electrons. The van der Waals surface area contributed by atoms with Gasteiger partial charge in [0.05, 0.1) is 11.8 Å². The van der Waals surface area contributed by atoms with Gasteiger partial charge in [0.15, 0.2) is 0 Å². The fraction of sp³-hybridized carbons (Fsp3) is 0.412. The molecule has 0 saturated carbocycles. The number of urea groups is 1. The highest BCUT2D eigenvalue weighted by Crippen LogP contribution is 2.21. The van der Waals surface area contributed by atoms with Crippen molar-refractivity contribution >= 4 is 11.7 Å². The van der Waals surface area contributed by atoms with Gasteiger partial charge in [-0.1, -0.05) is 0 Å². The number of rotatable bonds is 3. The van der Waals surface area contributed by atoms with Crippen LogP contribution < -0.4 is 5.32 Å². The second kappa shape index (κ2) is 6.83. The third-order valence-electron chi connectivity index (χ3n) is 4.40. The fourth-order valence-electron chi connectivity index (χ4n) is 2.91. The maximum Gasteiger partial charge on any atom is 0.321 e. The van der Waals surface area contributed by atoms with Crippen LogP contribution >= 0.6 is 0 Å². The summed E-state index contributed by atoms with van der Waals surface area (Å²) in [5, 5.41) is 16.7. The Kier molecular flexibility index (Phi) is 4.62. The van der Waals surface area contributed by atoms with Gasteiger partial charge in [0.2, 0.25) is 0 Å². The van der Waals surface area contributed by atoms with Crippen LogP contribution in [0.25, 0.3) is 5.69 Å². The van der Waals surface area contributed by atoms with Crippen molar-refractivity contribution in [1.29, 1.82) is 0 Å². The monoisotopic (exact) mass is 314 g/mol. The number of hydrogen-bond donors (Lipinski definition) is 2. The molecule has 1 aromatic carbocycles. The number of benzene rings is 1. The smallest absolute Gasteiger partial charge is 0.321 e. The highest BCUT2D eigenvalue weighted by atomic mass is 16.3.